The lowest BCUT2D eigenvalue weighted by Gasteiger charge is -2.09. The summed E-state index contributed by atoms with van der Waals surface area (Å²) in [6.07, 6.45) is 0. The molecular weight excluding hydrogens is 311 g/mol. The summed E-state index contributed by atoms with van der Waals surface area (Å²) in [6.45, 7) is 3.32. The van der Waals surface area contributed by atoms with Crippen LogP contribution >= 0.6 is 23.2 Å². The molecule has 0 aliphatic rings. The maximum Gasteiger partial charge on any atom is 0.266 e. The molecule has 106 valence electrons. The molecule has 21 heavy (non-hydrogen) atoms. The van der Waals surface area contributed by atoms with Crippen molar-refractivity contribution < 1.29 is 9.59 Å². The second kappa shape index (κ2) is 6.52. The Balaban J connectivity index is 2.42. The fourth-order valence-corrected chi connectivity index (χ4v) is 1.82. The molecule has 0 saturated heterocycles. The highest BCUT2D eigenvalue weighted by atomic mass is 35.5. The first-order chi connectivity index (χ1) is 9.99. The highest BCUT2D eigenvalue weighted by Crippen LogP contribution is 2.21. The molecule has 0 aliphatic heterocycles. The van der Waals surface area contributed by atoms with E-state index in [-0.39, 0.29) is 27.3 Å². The summed E-state index contributed by atoms with van der Waals surface area (Å²) < 4.78 is 0. The molecule has 1 heterocycles. The van der Waals surface area contributed by atoms with Crippen molar-refractivity contribution in [1.82, 2.24) is 4.98 Å². The number of nitrogens with zero attached hydrogens (tertiary/aromatic N) is 1. The van der Waals surface area contributed by atoms with Crippen LogP contribution in [0.25, 0.3) is 0 Å². The normalized spacial score (nSPS) is 10.0. The van der Waals surface area contributed by atoms with Crippen LogP contribution in [0.3, 0.4) is 0 Å². The number of carbonyl (C=O) groups excluding carboxylic acids is 2. The highest BCUT2D eigenvalue weighted by Gasteiger charge is 2.18. The first-order valence-corrected chi connectivity index (χ1v) is 6.66. The van der Waals surface area contributed by atoms with Crippen molar-refractivity contribution in [3.63, 3.8) is 0 Å². The Morgan fingerprint density at radius 2 is 1.76 bits per heavy atom. The van der Waals surface area contributed by atoms with E-state index in [2.05, 4.69) is 16.9 Å². The third kappa shape index (κ3) is 3.68. The Morgan fingerprint density at radius 3 is 2.38 bits per heavy atom. The first-order valence-electron chi connectivity index (χ1n) is 5.91. The average molecular weight is 321 g/mol. The van der Waals surface area contributed by atoms with E-state index in [0.29, 0.717) is 5.56 Å². The minimum absolute atomic E-state index is 0.0416. The van der Waals surface area contributed by atoms with Gasteiger partial charge < -0.3 is 5.32 Å². The van der Waals surface area contributed by atoms with Gasteiger partial charge >= 0.3 is 0 Å². The average Bonchev–Trinajstić information content (AvgIpc) is 2.49. The van der Waals surface area contributed by atoms with Gasteiger partial charge in [0.05, 0.1) is 10.7 Å². The largest absolute Gasteiger partial charge is 0.319 e. The van der Waals surface area contributed by atoms with Crippen molar-refractivity contribution in [2.75, 3.05) is 5.32 Å². The van der Waals surface area contributed by atoms with Crippen LogP contribution in [0.4, 0.5) is 5.69 Å². The number of rotatable bonds is 4. The van der Waals surface area contributed by atoms with E-state index in [1.807, 2.05) is 0 Å². The topological polar surface area (TPSA) is 59.1 Å². The second-order valence-electron chi connectivity index (χ2n) is 4.08. The molecule has 4 nitrogen and oxygen atoms in total. The van der Waals surface area contributed by atoms with Crippen molar-refractivity contribution in [2.24, 2.45) is 0 Å². The van der Waals surface area contributed by atoms with Crippen molar-refractivity contribution >= 4 is 40.6 Å². The summed E-state index contributed by atoms with van der Waals surface area (Å²) in [4.78, 5) is 28.0. The molecule has 0 spiro atoms. The fourth-order valence-electron chi connectivity index (χ4n) is 1.63. The molecule has 0 aliphatic carbocycles. The van der Waals surface area contributed by atoms with Gasteiger partial charge in [0, 0.05) is 5.56 Å². The Morgan fingerprint density at radius 1 is 1.10 bits per heavy atom. The number of halogens is 2. The van der Waals surface area contributed by atoms with Gasteiger partial charge in [0.1, 0.15) is 10.8 Å². The summed E-state index contributed by atoms with van der Waals surface area (Å²) in [5.41, 5.74) is 0.701. The summed E-state index contributed by atoms with van der Waals surface area (Å²) >= 11 is 11.3. The minimum Gasteiger partial charge on any atom is -0.319 e. The van der Waals surface area contributed by atoms with Crippen LogP contribution in [0.5, 0.6) is 0 Å². The van der Waals surface area contributed by atoms with Crippen LogP contribution in [0.15, 0.2) is 54.1 Å². The number of amides is 1. The lowest BCUT2D eigenvalue weighted by Crippen LogP contribution is -2.16. The van der Waals surface area contributed by atoms with Gasteiger partial charge in [0.25, 0.3) is 5.91 Å². The van der Waals surface area contributed by atoms with E-state index in [9.17, 15) is 9.59 Å². The lowest BCUT2D eigenvalue weighted by molar-refractivity contribution is -0.112. The van der Waals surface area contributed by atoms with Crippen LogP contribution in [0, 0.1) is 0 Å². The maximum absolute atomic E-state index is 12.4. The smallest absolute Gasteiger partial charge is 0.266 e. The zero-order chi connectivity index (χ0) is 15.4. The van der Waals surface area contributed by atoms with E-state index >= 15 is 0 Å². The molecule has 1 N–H and O–H groups in total. The van der Waals surface area contributed by atoms with Gasteiger partial charge in [-0.15, -0.1) is 0 Å². The molecule has 0 fully saturated rings. The standard InChI is InChI=1S/C15H10Cl2N2O2/c1-9(16)15(21)18-11-7-8-12(17)19-13(11)14(20)10-5-3-2-4-6-10/h2-8H,1H2,(H,18,21). The molecule has 2 rings (SSSR count). The molecule has 0 saturated carbocycles. The van der Waals surface area contributed by atoms with Crippen LogP contribution in [0.1, 0.15) is 16.1 Å². The van der Waals surface area contributed by atoms with Gasteiger partial charge in [-0.05, 0) is 12.1 Å². The quantitative estimate of drug-likeness (QED) is 0.531. The molecule has 1 amide bonds. The highest BCUT2D eigenvalue weighted by molar-refractivity contribution is 6.43. The molecule has 1 aromatic heterocycles. The number of hydrogen-bond donors (Lipinski definition) is 1. The minimum atomic E-state index is -0.608. The van der Waals surface area contributed by atoms with Crippen molar-refractivity contribution in [1.29, 1.82) is 0 Å². The summed E-state index contributed by atoms with van der Waals surface area (Å²) in [5, 5.41) is 2.43. The third-order valence-corrected chi connectivity index (χ3v) is 2.99. The van der Waals surface area contributed by atoms with Gasteiger partial charge in [-0.3, -0.25) is 9.59 Å². The molecule has 0 radical (unpaired) electrons. The van der Waals surface area contributed by atoms with E-state index < -0.39 is 5.91 Å². The Kier molecular flexibility index (Phi) is 4.73. The van der Waals surface area contributed by atoms with Crippen LogP contribution in [0.2, 0.25) is 5.15 Å². The van der Waals surface area contributed by atoms with E-state index in [0.717, 1.165) is 0 Å². The molecule has 0 atom stereocenters. The number of benzene rings is 1. The van der Waals surface area contributed by atoms with Crippen molar-refractivity contribution in [3.8, 4) is 0 Å². The molecule has 0 unspecified atom stereocenters. The van der Waals surface area contributed by atoms with Gasteiger partial charge in [0.15, 0.2) is 0 Å². The Bertz CT molecular complexity index is 715. The van der Waals surface area contributed by atoms with Gasteiger partial charge in [-0.2, -0.15) is 0 Å². The lowest BCUT2D eigenvalue weighted by atomic mass is 10.1. The van der Waals surface area contributed by atoms with E-state index in [1.54, 1.807) is 30.3 Å². The van der Waals surface area contributed by atoms with E-state index in [1.165, 1.54) is 12.1 Å². The second-order valence-corrected chi connectivity index (χ2v) is 4.93. The molecule has 6 heteroatoms. The molecule has 0 bridgehead atoms. The number of ketones is 1. The van der Waals surface area contributed by atoms with Gasteiger partial charge in [0.2, 0.25) is 5.78 Å². The fraction of sp³-hybridized carbons (Fsp3) is 0. The third-order valence-electron chi connectivity index (χ3n) is 2.61. The maximum atomic E-state index is 12.4. The van der Waals surface area contributed by atoms with Crippen molar-refractivity contribution in [2.45, 2.75) is 0 Å². The summed E-state index contributed by atoms with van der Waals surface area (Å²) in [7, 11) is 0. The predicted molar refractivity (Wildman–Crippen MR) is 82.7 cm³/mol. The van der Waals surface area contributed by atoms with E-state index in [4.69, 9.17) is 23.2 Å². The van der Waals surface area contributed by atoms with Crippen LogP contribution < -0.4 is 5.32 Å². The number of aromatic nitrogens is 1. The predicted octanol–water partition coefficient (Wildman–Crippen LogP) is 3.66. The Hall–Kier alpha value is -2.17. The number of carbonyl (C=O) groups is 2. The first kappa shape index (κ1) is 15.2. The summed E-state index contributed by atoms with van der Waals surface area (Å²) in [5.74, 6) is -0.962. The van der Waals surface area contributed by atoms with Gasteiger partial charge in [-0.25, -0.2) is 4.98 Å². The monoisotopic (exact) mass is 320 g/mol. The van der Waals surface area contributed by atoms with Crippen molar-refractivity contribution in [3.05, 3.63) is 70.5 Å². The molecule has 2 aromatic rings. The van der Waals surface area contributed by atoms with Crippen LogP contribution in [-0.2, 0) is 4.79 Å². The molecule has 1 aromatic carbocycles. The van der Waals surface area contributed by atoms with Crippen LogP contribution in [-0.4, -0.2) is 16.7 Å². The summed E-state index contributed by atoms with van der Waals surface area (Å²) in [6, 6.07) is 11.5. The zero-order valence-electron chi connectivity index (χ0n) is 10.8. The number of hydrogen-bond acceptors (Lipinski definition) is 3. The van der Waals surface area contributed by atoms with Gasteiger partial charge in [-0.1, -0.05) is 60.1 Å². The molecular formula is C15H10Cl2N2O2. The zero-order valence-corrected chi connectivity index (χ0v) is 12.3. The number of anilines is 1. The Labute approximate surface area is 131 Å². The number of nitrogens with one attached hydrogen (secondary N) is 1. The SMILES string of the molecule is C=C(Cl)C(=O)Nc1ccc(Cl)nc1C(=O)c1ccccc1. The number of pyridine rings is 1.